The van der Waals surface area contributed by atoms with E-state index in [-0.39, 0.29) is 5.57 Å². The van der Waals surface area contributed by atoms with E-state index in [0.717, 1.165) is 16.7 Å². The van der Waals surface area contributed by atoms with Gasteiger partial charge in [0.05, 0.1) is 6.61 Å². The summed E-state index contributed by atoms with van der Waals surface area (Å²) < 4.78 is 17.9. The molecule has 0 radical (unpaired) electrons. The van der Waals surface area contributed by atoms with Crippen LogP contribution in [0.4, 0.5) is 5.69 Å². The molecular weight excluding hydrogens is 548 g/mol. The maximum absolute atomic E-state index is 13.0. The van der Waals surface area contributed by atoms with Crippen molar-refractivity contribution in [1.82, 2.24) is 0 Å². The highest BCUT2D eigenvalue weighted by Gasteiger charge is 2.16. The van der Waals surface area contributed by atoms with Gasteiger partial charge in [0.2, 0.25) is 0 Å². The fourth-order valence-corrected chi connectivity index (χ4v) is 4.25. The number of ether oxygens (including phenoxy) is 3. The number of amides is 1. The topological polar surface area (TPSA) is 80.6 Å². The van der Waals surface area contributed by atoms with E-state index in [0.29, 0.717) is 59.8 Å². The van der Waals surface area contributed by atoms with Crippen LogP contribution in [-0.2, 0) is 24.4 Å². The van der Waals surface area contributed by atoms with E-state index in [9.17, 15) is 10.1 Å². The third-order valence-corrected chi connectivity index (χ3v) is 6.40. The molecular formula is C35H31ClN2O4. The van der Waals surface area contributed by atoms with E-state index in [4.69, 9.17) is 25.8 Å². The molecule has 1 N–H and O–H groups in total. The van der Waals surface area contributed by atoms with Crippen molar-refractivity contribution in [3.63, 3.8) is 0 Å². The van der Waals surface area contributed by atoms with Gasteiger partial charge in [0.1, 0.15) is 30.6 Å². The molecule has 212 valence electrons. The highest BCUT2D eigenvalue weighted by atomic mass is 35.5. The van der Waals surface area contributed by atoms with Gasteiger partial charge in [-0.1, -0.05) is 60.1 Å². The third-order valence-electron chi connectivity index (χ3n) is 6.15. The van der Waals surface area contributed by atoms with Crippen LogP contribution >= 0.6 is 11.6 Å². The lowest BCUT2D eigenvalue weighted by Crippen LogP contribution is -2.13. The summed E-state index contributed by atoms with van der Waals surface area (Å²) in [6.07, 6.45) is 3.80. The van der Waals surface area contributed by atoms with Gasteiger partial charge in [0, 0.05) is 16.3 Å². The molecule has 0 aliphatic heterocycles. The number of nitrogens with one attached hydrogen (secondary N) is 1. The molecule has 1 amide bonds. The first-order valence-corrected chi connectivity index (χ1v) is 13.8. The summed E-state index contributed by atoms with van der Waals surface area (Å²) in [6.45, 7) is 6.91. The highest BCUT2D eigenvalue weighted by Crippen LogP contribution is 2.35. The minimum absolute atomic E-state index is 0.0544. The quantitative estimate of drug-likeness (QED) is 0.0983. The summed E-state index contributed by atoms with van der Waals surface area (Å²) in [5.41, 5.74) is 3.95. The first kappa shape index (κ1) is 30.0. The molecule has 6 nitrogen and oxygen atoms in total. The highest BCUT2D eigenvalue weighted by molar-refractivity contribution is 6.30. The van der Waals surface area contributed by atoms with E-state index >= 15 is 0 Å². The van der Waals surface area contributed by atoms with Crippen LogP contribution in [-0.4, -0.2) is 12.5 Å². The number of anilines is 1. The summed E-state index contributed by atoms with van der Waals surface area (Å²) in [4.78, 5) is 13.0. The predicted molar refractivity (Wildman–Crippen MR) is 167 cm³/mol. The van der Waals surface area contributed by atoms with Gasteiger partial charge in [-0.25, -0.2) is 0 Å². The molecule has 4 rings (SSSR count). The van der Waals surface area contributed by atoms with E-state index in [1.54, 1.807) is 36.4 Å². The van der Waals surface area contributed by atoms with Crippen LogP contribution in [0.5, 0.6) is 17.2 Å². The van der Waals surface area contributed by atoms with Crippen LogP contribution in [0.2, 0.25) is 5.02 Å². The van der Waals surface area contributed by atoms with E-state index in [1.165, 1.54) is 6.08 Å². The number of carbonyl (C=O) groups is 1. The number of rotatable bonds is 13. The Bertz CT molecular complexity index is 1570. The van der Waals surface area contributed by atoms with Gasteiger partial charge < -0.3 is 19.5 Å². The van der Waals surface area contributed by atoms with Gasteiger partial charge in [0.25, 0.3) is 5.91 Å². The summed E-state index contributed by atoms with van der Waals surface area (Å²) in [5.74, 6) is 1.24. The Balaban J connectivity index is 1.49. The maximum atomic E-state index is 13.0. The van der Waals surface area contributed by atoms with Crippen LogP contribution < -0.4 is 19.5 Å². The SMILES string of the molecule is C=CCc1cc(/C=C(\C#N)C(=O)Nc2ccc(OCc3ccccc3)cc2)cc(OCC)c1OCc1ccc(Cl)cc1. The van der Waals surface area contributed by atoms with Crippen LogP contribution in [0.15, 0.2) is 109 Å². The Morgan fingerprint density at radius 2 is 1.62 bits per heavy atom. The Morgan fingerprint density at radius 3 is 2.29 bits per heavy atom. The van der Waals surface area contributed by atoms with Crippen molar-refractivity contribution in [2.24, 2.45) is 0 Å². The zero-order valence-electron chi connectivity index (χ0n) is 23.3. The zero-order valence-corrected chi connectivity index (χ0v) is 24.1. The summed E-state index contributed by atoms with van der Waals surface area (Å²) in [7, 11) is 0. The van der Waals surface area contributed by atoms with Gasteiger partial charge in [0.15, 0.2) is 11.5 Å². The summed E-state index contributed by atoms with van der Waals surface area (Å²) >= 11 is 6.00. The molecule has 0 heterocycles. The smallest absolute Gasteiger partial charge is 0.266 e. The second kappa shape index (κ2) is 15.1. The number of hydrogen-bond acceptors (Lipinski definition) is 5. The van der Waals surface area contributed by atoms with Gasteiger partial charge in [-0.3, -0.25) is 4.79 Å². The normalized spacial score (nSPS) is 10.8. The van der Waals surface area contributed by atoms with E-state index in [2.05, 4.69) is 11.9 Å². The number of halogens is 1. The van der Waals surface area contributed by atoms with Gasteiger partial charge in [-0.2, -0.15) is 5.26 Å². The molecule has 4 aromatic rings. The second-order valence-corrected chi connectivity index (χ2v) is 9.71. The molecule has 42 heavy (non-hydrogen) atoms. The van der Waals surface area contributed by atoms with Gasteiger partial charge >= 0.3 is 0 Å². The summed E-state index contributed by atoms with van der Waals surface area (Å²) in [5, 5.41) is 13.2. The zero-order chi connectivity index (χ0) is 29.7. The number of carbonyl (C=O) groups excluding carboxylic acids is 1. The van der Waals surface area contributed by atoms with Crippen LogP contribution in [0.25, 0.3) is 6.08 Å². The molecule has 4 aromatic carbocycles. The van der Waals surface area contributed by atoms with Crippen LogP contribution in [0.3, 0.4) is 0 Å². The molecule has 0 fully saturated rings. The molecule has 0 aliphatic rings. The van der Waals surface area contributed by atoms with Crippen molar-refractivity contribution < 1.29 is 19.0 Å². The average molecular weight is 579 g/mol. The van der Waals surface area contributed by atoms with Crippen molar-refractivity contribution >= 4 is 29.3 Å². The lowest BCUT2D eigenvalue weighted by Gasteiger charge is -2.17. The fourth-order valence-electron chi connectivity index (χ4n) is 4.13. The standard InChI is InChI=1S/C35H31ClN2O4/c1-3-8-28-19-27(21-33(40-4-2)34(28)42-24-26-11-13-30(36)14-12-26)20-29(22-37)35(39)38-31-15-17-32(18-16-31)41-23-25-9-6-5-7-10-25/h3,5-7,9-21H,1,4,8,23-24H2,2H3,(H,38,39)/b29-20+. The lowest BCUT2D eigenvalue weighted by atomic mass is 10.0. The van der Waals surface area contributed by atoms with Crippen LogP contribution in [0, 0.1) is 11.3 Å². The molecule has 0 aromatic heterocycles. The van der Waals surface area contributed by atoms with Crippen LogP contribution in [0.1, 0.15) is 29.2 Å². The monoisotopic (exact) mass is 578 g/mol. The lowest BCUT2D eigenvalue weighted by molar-refractivity contribution is -0.112. The van der Waals surface area contributed by atoms with Gasteiger partial charge in [-0.05, 0) is 84.6 Å². The van der Waals surface area contributed by atoms with Gasteiger partial charge in [-0.15, -0.1) is 6.58 Å². The molecule has 0 saturated heterocycles. The fraction of sp³-hybridized carbons (Fsp3) is 0.143. The Kier molecular flexibility index (Phi) is 10.8. The third kappa shape index (κ3) is 8.50. The van der Waals surface area contributed by atoms with Crippen molar-refractivity contribution in [2.75, 3.05) is 11.9 Å². The largest absolute Gasteiger partial charge is 0.490 e. The second-order valence-electron chi connectivity index (χ2n) is 9.27. The first-order valence-electron chi connectivity index (χ1n) is 13.5. The molecule has 0 aliphatic carbocycles. The number of allylic oxidation sites excluding steroid dienone is 1. The van der Waals surface area contributed by atoms with Crippen molar-refractivity contribution in [1.29, 1.82) is 5.26 Å². The average Bonchev–Trinajstić information content (AvgIpc) is 3.00. The molecule has 0 bridgehead atoms. The Labute approximate surface area is 251 Å². The first-order chi connectivity index (χ1) is 20.5. The molecule has 7 heteroatoms. The minimum Gasteiger partial charge on any atom is -0.490 e. The molecule has 0 saturated carbocycles. The Hall–Kier alpha value is -4.99. The van der Waals surface area contributed by atoms with Crippen molar-refractivity contribution in [3.8, 4) is 23.3 Å². The summed E-state index contributed by atoms with van der Waals surface area (Å²) in [6, 6.07) is 29.9. The van der Waals surface area contributed by atoms with E-state index < -0.39 is 5.91 Å². The predicted octanol–water partition coefficient (Wildman–Crippen LogP) is 8.17. The molecule has 0 atom stereocenters. The molecule has 0 unspecified atom stereocenters. The van der Waals surface area contributed by atoms with E-state index in [1.807, 2.05) is 73.7 Å². The minimum atomic E-state index is -0.526. The number of hydrogen-bond donors (Lipinski definition) is 1. The van der Waals surface area contributed by atoms with Crippen molar-refractivity contribution in [3.05, 3.63) is 137 Å². The Morgan fingerprint density at radius 1 is 0.929 bits per heavy atom. The van der Waals surface area contributed by atoms with Crippen molar-refractivity contribution in [2.45, 2.75) is 26.6 Å². The maximum Gasteiger partial charge on any atom is 0.266 e. The number of benzene rings is 4. The molecule has 0 spiro atoms. The number of nitriles is 1. The number of nitrogens with zero attached hydrogens (tertiary/aromatic N) is 1.